The molecule has 24 heavy (non-hydrogen) atoms. The van der Waals surface area contributed by atoms with Crippen LogP contribution in [-0.2, 0) is 14.3 Å². The first-order valence-electron chi connectivity index (χ1n) is 8.61. The summed E-state index contributed by atoms with van der Waals surface area (Å²) in [6.45, 7) is 8.84. The number of aliphatic imine (C=N–C) groups is 1. The number of hydrogen-bond acceptors (Lipinski definition) is 4. The lowest BCUT2D eigenvalue weighted by molar-refractivity contribution is -0.119. The number of carbonyl (C=O) groups excluding carboxylic acids is 1. The average Bonchev–Trinajstić information content (AvgIpc) is 2.56. The minimum Gasteiger partial charge on any atom is -0.385 e. The maximum Gasteiger partial charge on any atom is 0.241 e. The molecule has 0 aliphatic carbocycles. The number of nitrogens with zero attached hydrogens (tertiary/aromatic N) is 2. The van der Waals surface area contributed by atoms with E-state index in [2.05, 4.69) is 20.5 Å². The standard InChI is InChI=1S/C16H32N4O3.HI/c1-4-17-15(21)13-19-16(18-5-2)20-9-7-14(8-10-20)23-12-6-11-22-3;/h14H,4-13H2,1-3H3,(H,17,21)(H,18,19);1H. The Morgan fingerprint density at radius 1 is 1.17 bits per heavy atom. The van der Waals surface area contributed by atoms with Gasteiger partial charge in [0.15, 0.2) is 5.96 Å². The van der Waals surface area contributed by atoms with E-state index in [1.807, 2.05) is 13.8 Å². The predicted octanol–water partition coefficient (Wildman–Crippen LogP) is 1.22. The van der Waals surface area contributed by atoms with Crippen molar-refractivity contribution in [2.75, 3.05) is 53.0 Å². The third kappa shape index (κ3) is 9.63. The number of likely N-dealkylation sites (tertiary alicyclic amines) is 1. The molecule has 7 nitrogen and oxygen atoms in total. The van der Waals surface area contributed by atoms with Gasteiger partial charge < -0.3 is 25.0 Å². The largest absolute Gasteiger partial charge is 0.385 e. The van der Waals surface area contributed by atoms with Gasteiger partial charge in [0.05, 0.1) is 6.10 Å². The number of ether oxygens (including phenoxy) is 2. The molecule has 1 aliphatic heterocycles. The van der Waals surface area contributed by atoms with Crippen LogP contribution in [0.15, 0.2) is 4.99 Å². The molecule has 0 aromatic heterocycles. The van der Waals surface area contributed by atoms with E-state index in [1.54, 1.807) is 7.11 Å². The number of methoxy groups -OCH3 is 1. The molecule has 0 bridgehead atoms. The Morgan fingerprint density at radius 3 is 2.42 bits per heavy atom. The summed E-state index contributed by atoms with van der Waals surface area (Å²) < 4.78 is 10.9. The van der Waals surface area contributed by atoms with E-state index in [9.17, 15) is 4.79 Å². The Balaban J connectivity index is 0.00000529. The molecular weight excluding hydrogens is 423 g/mol. The Bertz CT molecular complexity index is 361. The molecule has 1 heterocycles. The molecule has 142 valence electrons. The number of nitrogens with one attached hydrogen (secondary N) is 2. The monoisotopic (exact) mass is 456 g/mol. The van der Waals surface area contributed by atoms with Gasteiger partial charge in [0.2, 0.25) is 5.91 Å². The smallest absolute Gasteiger partial charge is 0.241 e. The van der Waals surface area contributed by atoms with E-state index in [4.69, 9.17) is 9.47 Å². The van der Waals surface area contributed by atoms with Crippen LogP contribution in [0.25, 0.3) is 0 Å². The summed E-state index contributed by atoms with van der Waals surface area (Å²) in [6, 6.07) is 0. The van der Waals surface area contributed by atoms with Gasteiger partial charge >= 0.3 is 0 Å². The van der Waals surface area contributed by atoms with Crippen molar-refractivity contribution in [2.24, 2.45) is 4.99 Å². The molecule has 1 rings (SSSR count). The molecule has 1 saturated heterocycles. The molecule has 0 atom stereocenters. The lowest BCUT2D eigenvalue weighted by Crippen LogP contribution is -2.47. The first kappa shape index (κ1) is 23.4. The van der Waals surface area contributed by atoms with Crippen LogP contribution in [-0.4, -0.2) is 75.9 Å². The van der Waals surface area contributed by atoms with E-state index in [1.165, 1.54) is 0 Å². The second-order valence-corrected chi connectivity index (χ2v) is 5.53. The molecule has 0 unspecified atom stereocenters. The molecule has 2 N–H and O–H groups in total. The van der Waals surface area contributed by atoms with Gasteiger partial charge in [0, 0.05) is 46.5 Å². The second-order valence-electron chi connectivity index (χ2n) is 5.53. The number of rotatable bonds is 9. The summed E-state index contributed by atoms with van der Waals surface area (Å²) >= 11 is 0. The fourth-order valence-electron chi connectivity index (χ4n) is 2.51. The van der Waals surface area contributed by atoms with Gasteiger partial charge in [0.25, 0.3) is 0 Å². The molecular formula is C16H33IN4O3. The highest BCUT2D eigenvalue weighted by molar-refractivity contribution is 14.0. The van der Waals surface area contributed by atoms with Gasteiger partial charge in [-0.25, -0.2) is 4.99 Å². The Hall–Kier alpha value is -0.610. The number of guanidine groups is 1. The number of likely N-dealkylation sites (N-methyl/N-ethyl adjacent to an activating group) is 1. The van der Waals surface area contributed by atoms with Crippen LogP contribution in [0.5, 0.6) is 0 Å². The Morgan fingerprint density at radius 2 is 1.83 bits per heavy atom. The fourth-order valence-corrected chi connectivity index (χ4v) is 2.51. The highest BCUT2D eigenvalue weighted by Gasteiger charge is 2.21. The minimum absolute atomic E-state index is 0. The molecule has 0 saturated carbocycles. The molecule has 0 radical (unpaired) electrons. The molecule has 1 fully saturated rings. The molecule has 0 spiro atoms. The van der Waals surface area contributed by atoms with Gasteiger partial charge in [-0.1, -0.05) is 0 Å². The van der Waals surface area contributed by atoms with Crippen LogP contribution in [0.1, 0.15) is 33.1 Å². The lowest BCUT2D eigenvalue weighted by atomic mass is 10.1. The third-order valence-corrected chi connectivity index (χ3v) is 3.67. The predicted molar refractivity (Wildman–Crippen MR) is 107 cm³/mol. The number of amides is 1. The SMILES string of the molecule is CCNC(=O)CN=C(NCC)N1CCC(OCCCOC)CC1.I. The Labute approximate surface area is 162 Å². The number of carbonyl (C=O) groups is 1. The summed E-state index contributed by atoms with van der Waals surface area (Å²) in [4.78, 5) is 18.2. The van der Waals surface area contributed by atoms with Crippen LogP contribution >= 0.6 is 24.0 Å². The molecule has 8 heteroatoms. The summed E-state index contributed by atoms with van der Waals surface area (Å²) in [5.74, 6) is 0.774. The quantitative estimate of drug-likeness (QED) is 0.236. The van der Waals surface area contributed by atoms with Crippen molar-refractivity contribution < 1.29 is 14.3 Å². The normalized spacial score (nSPS) is 15.8. The van der Waals surface area contributed by atoms with E-state index in [0.717, 1.165) is 58.1 Å². The summed E-state index contributed by atoms with van der Waals surface area (Å²) in [6.07, 6.45) is 3.22. The van der Waals surface area contributed by atoms with E-state index in [0.29, 0.717) is 12.6 Å². The number of halogens is 1. The van der Waals surface area contributed by atoms with Crippen molar-refractivity contribution in [1.82, 2.24) is 15.5 Å². The highest BCUT2D eigenvalue weighted by Crippen LogP contribution is 2.14. The van der Waals surface area contributed by atoms with Crippen LogP contribution in [0.4, 0.5) is 0 Å². The van der Waals surface area contributed by atoms with E-state index >= 15 is 0 Å². The topological polar surface area (TPSA) is 75.2 Å². The average molecular weight is 456 g/mol. The third-order valence-electron chi connectivity index (χ3n) is 3.67. The van der Waals surface area contributed by atoms with Crippen molar-refractivity contribution in [2.45, 2.75) is 39.2 Å². The van der Waals surface area contributed by atoms with Gasteiger partial charge in [-0.15, -0.1) is 24.0 Å². The zero-order valence-corrected chi connectivity index (χ0v) is 17.5. The fraction of sp³-hybridized carbons (Fsp3) is 0.875. The number of hydrogen-bond donors (Lipinski definition) is 2. The number of piperidine rings is 1. The van der Waals surface area contributed by atoms with Crippen molar-refractivity contribution in [1.29, 1.82) is 0 Å². The van der Waals surface area contributed by atoms with Crippen LogP contribution in [0.3, 0.4) is 0 Å². The van der Waals surface area contributed by atoms with Crippen molar-refractivity contribution in [3.63, 3.8) is 0 Å². The maximum atomic E-state index is 11.6. The zero-order valence-electron chi connectivity index (χ0n) is 15.2. The van der Waals surface area contributed by atoms with Gasteiger partial charge in [-0.05, 0) is 33.1 Å². The second kappa shape index (κ2) is 14.7. The van der Waals surface area contributed by atoms with E-state index < -0.39 is 0 Å². The van der Waals surface area contributed by atoms with Crippen LogP contribution in [0.2, 0.25) is 0 Å². The first-order chi connectivity index (χ1) is 11.2. The highest BCUT2D eigenvalue weighted by atomic mass is 127. The summed E-state index contributed by atoms with van der Waals surface area (Å²) in [7, 11) is 1.71. The van der Waals surface area contributed by atoms with Crippen molar-refractivity contribution >= 4 is 35.8 Å². The summed E-state index contributed by atoms with van der Waals surface area (Å²) in [5, 5.41) is 6.03. The van der Waals surface area contributed by atoms with Crippen LogP contribution < -0.4 is 10.6 Å². The molecule has 1 amide bonds. The lowest BCUT2D eigenvalue weighted by Gasteiger charge is -2.34. The zero-order chi connectivity index (χ0) is 16.9. The van der Waals surface area contributed by atoms with Crippen molar-refractivity contribution in [3.8, 4) is 0 Å². The van der Waals surface area contributed by atoms with Crippen LogP contribution in [0, 0.1) is 0 Å². The van der Waals surface area contributed by atoms with Crippen molar-refractivity contribution in [3.05, 3.63) is 0 Å². The van der Waals surface area contributed by atoms with Gasteiger partial charge in [-0.3, -0.25) is 4.79 Å². The molecule has 1 aliphatic rings. The Kier molecular flexibility index (Phi) is 14.3. The van der Waals surface area contributed by atoms with Gasteiger partial charge in [0.1, 0.15) is 6.54 Å². The first-order valence-corrected chi connectivity index (χ1v) is 8.61. The maximum absolute atomic E-state index is 11.6. The minimum atomic E-state index is -0.0423. The summed E-state index contributed by atoms with van der Waals surface area (Å²) in [5.41, 5.74) is 0. The van der Waals surface area contributed by atoms with E-state index in [-0.39, 0.29) is 36.4 Å². The molecule has 0 aromatic carbocycles. The van der Waals surface area contributed by atoms with Gasteiger partial charge in [-0.2, -0.15) is 0 Å². The molecule has 0 aromatic rings.